The third-order valence-electron chi connectivity index (χ3n) is 4.16. The van der Waals surface area contributed by atoms with Crippen molar-refractivity contribution in [1.82, 2.24) is 5.32 Å². The van der Waals surface area contributed by atoms with Crippen LogP contribution < -0.4 is 5.32 Å². The largest absolute Gasteiger partial charge is 0.316 e. The Morgan fingerprint density at radius 3 is 2.57 bits per heavy atom. The number of rotatable bonds is 2. The second-order valence-electron chi connectivity index (χ2n) is 5.40. The smallest absolute Gasteiger partial charge is 0.0548 e. The number of nitrogens with one attached hydrogen (secondary N) is 1. The van der Waals surface area contributed by atoms with E-state index in [0.29, 0.717) is 11.8 Å². The summed E-state index contributed by atoms with van der Waals surface area (Å²) in [5.41, 5.74) is 2.73. The molecule has 1 N–H and O–H groups in total. The topological polar surface area (TPSA) is 12.0 Å². The van der Waals surface area contributed by atoms with E-state index in [4.69, 9.17) is 11.6 Å². The van der Waals surface area contributed by atoms with Crippen LogP contribution in [0.5, 0.6) is 0 Å². The third-order valence-corrected chi connectivity index (χ3v) is 6.09. The van der Waals surface area contributed by atoms with E-state index in [9.17, 15) is 0 Å². The molecule has 1 aliphatic rings. The van der Waals surface area contributed by atoms with E-state index >= 15 is 0 Å². The first kappa shape index (κ1) is 15.5. The zero-order valence-electron chi connectivity index (χ0n) is 11.5. The number of piperidine rings is 1. The Labute approximate surface area is 147 Å². The van der Waals surface area contributed by atoms with Crippen LogP contribution in [0.3, 0.4) is 0 Å². The average molecular weight is 430 g/mol. The second-order valence-corrected chi connectivity index (χ2v) is 7.52. The Bertz CT molecular complexity index is 644. The number of benzene rings is 2. The summed E-state index contributed by atoms with van der Waals surface area (Å²) in [5, 5.41) is 4.30. The molecule has 2 atom stereocenters. The van der Waals surface area contributed by atoms with E-state index in [0.717, 1.165) is 29.0 Å². The summed E-state index contributed by atoms with van der Waals surface area (Å²) in [5.74, 6) is 0.987. The van der Waals surface area contributed by atoms with Crippen LogP contribution in [0.4, 0.5) is 0 Å². The molecule has 1 aliphatic heterocycles. The van der Waals surface area contributed by atoms with Gasteiger partial charge in [0.1, 0.15) is 0 Å². The minimum absolute atomic E-state index is 0.474. The Balaban J connectivity index is 1.98. The minimum atomic E-state index is 0.474. The molecule has 1 saturated heterocycles. The number of hydrogen-bond acceptors (Lipinski definition) is 1. The van der Waals surface area contributed by atoms with Crippen molar-refractivity contribution in [2.45, 2.75) is 18.3 Å². The van der Waals surface area contributed by atoms with E-state index in [2.05, 4.69) is 73.6 Å². The van der Waals surface area contributed by atoms with Crippen LogP contribution in [-0.2, 0) is 0 Å². The summed E-state index contributed by atoms with van der Waals surface area (Å²) in [6.45, 7) is 2.07. The lowest BCUT2D eigenvalue weighted by Crippen LogP contribution is -2.34. The van der Waals surface area contributed by atoms with Crippen LogP contribution in [-0.4, -0.2) is 13.1 Å². The Morgan fingerprint density at radius 1 is 1.00 bits per heavy atom. The molecule has 0 aromatic heterocycles. The van der Waals surface area contributed by atoms with E-state index in [-0.39, 0.29) is 0 Å². The molecular formula is C17H16Br2ClN. The van der Waals surface area contributed by atoms with Gasteiger partial charge in [0.2, 0.25) is 0 Å². The molecule has 0 radical (unpaired) electrons. The fourth-order valence-corrected chi connectivity index (χ4v) is 4.20. The van der Waals surface area contributed by atoms with Gasteiger partial charge in [0.25, 0.3) is 0 Å². The lowest BCUT2D eigenvalue weighted by Gasteiger charge is -2.33. The van der Waals surface area contributed by atoms with Crippen LogP contribution in [0.2, 0.25) is 5.02 Å². The van der Waals surface area contributed by atoms with Gasteiger partial charge in [0.15, 0.2) is 0 Å². The maximum Gasteiger partial charge on any atom is 0.0548 e. The summed E-state index contributed by atoms with van der Waals surface area (Å²) >= 11 is 13.4. The predicted molar refractivity (Wildman–Crippen MR) is 96.3 cm³/mol. The summed E-state index contributed by atoms with van der Waals surface area (Å²) < 4.78 is 2.17. The first-order chi connectivity index (χ1) is 10.2. The molecule has 0 amide bonds. The summed E-state index contributed by atoms with van der Waals surface area (Å²) in [4.78, 5) is 0. The fourth-order valence-electron chi connectivity index (χ4n) is 3.10. The van der Waals surface area contributed by atoms with Gasteiger partial charge in [-0.05, 0) is 64.1 Å². The molecule has 21 heavy (non-hydrogen) atoms. The monoisotopic (exact) mass is 427 g/mol. The van der Waals surface area contributed by atoms with Crippen LogP contribution >= 0.6 is 43.5 Å². The highest BCUT2D eigenvalue weighted by molar-refractivity contribution is 9.10. The molecule has 1 fully saturated rings. The maximum absolute atomic E-state index is 6.13. The van der Waals surface area contributed by atoms with Gasteiger partial charge in [0.05, 0.1) is 5.02 Å². The number of halogens is 3. The zero-order chi connectivity index (χ0) is 14.8. The molecule has 2 unspecified atom stereocenters. The quantitative estimate of drug-likeness (QED) is 0.643. The second kappa shape index (κ2) is 6.82. The minimum Gasteiger partial charge on any atom is -0.316 e. The molecule has 0 aliphatic carbocycles. The van der Waals surface area contributed by atoms with E-state index in [1.165, 1.54) is 15.6 Å². The van der Waals surface area contributed by atoms with Crippen molar-refractivity contribution >= 4 is 43.5 Å². The van der Waals surface area contributed by atoms with Crippen molar-refractivity contribution in [1.29, 1.82) is 0 Å². The molecule has 0 saturated carbocycles. The SMILES string of the molecule is Clc1ccc(C2CCNCC2c2ccccc2Br)cc1Br. The maximum atomic E-state index is 6.13. The van der Waals surface area contributed by atoms with Crippen molar-refractivity contribution in [3.63, 3.8) is 0 Å². The van der Waals surface area contributed by atoms with Crippen molar-refractivity contribution in [2.75, 3.05) is 13.1 Å². The first-order valence-corrected chi connectivity index (χ1v) is 9.03. The van der Waals surface area contributed by atoms with Gasteiger partial charge in [-0.1, -0.05) is 51.8 Å². The highest BCUT2D eigenvalue weighted by Crippen LogP contribution is 2.41. The third kappa shape index (κ3) is 3.37. The van der Waals surface area contributed by atoms with Crippen LogP contribution in [0.1, 0.15) is 29.4 Å². The normalized spacial score (nSPS) is 22.2. The van der Waals surface area contributed by atoms with Gasteiger partial charge in [-0.2, -0.15) is 0 Å². The van der Waals surface area contributed by atoms with Crippen molar-refractivity contribution in [3.8, 4) is 0 Å². The van der Waals surface area contributed by atoms with Crippen molar-refractivity contribution in [3.05, 3.63) is 67.6 Å². The molecular weight excluding hydrogens is 413 g/mol. The molecule has 110 valence electrons. The van der Waals surface area contributed by atoms with Crippen LogP contribution in [0.15, 0.2) is 51.4 Å². The molecule has 1 heterocycles. The van der Waals surface area contributed by atoms with Crippen LogP contribution in [0, 0.1) is 0 Å². The van der Waals surface area contributed by atoms with Gasteiger partial charge in [-0.3, -0.25) is 0 Å². The van der Waals surface area contributed by atoms with Crippen LogP contribution in [0.25, 0.3) is 0 Å². The molecule has 1 nitrogen and oxygen atoms in total. The van der Waals surface area contributed by atoms with Crippen molar-refractivity contribution in [2.24, 2.45) is 0 Å². The summed E-state index contributed by atoms with van der Waals surface area (Å²) in [6.07, 6.45) is 1.14. The predicted octanol–water partition coefficient (Wildman–Crippen LogP) is 5.73. The lowest BCUT2D eigenvalue weighted by molar-refractivity contribution is 0.403. The fraction of sp³-hybridized carbons (Fsp3) is 0.294. The lowest BCUT2D eigenvalue weighted by atomic mass is 9.77. The summed E-state index contributed by atoms with van der Waals surface area (Å²) in [7, 11) is 0. The standard InChI is InChI=1S/C17H16Br2ClN/c18-15-4-2-1-3-13(15)14-10-21-8-7-12(14)11-5-6-17(20)16(19)9-11/h1-6,9,12,14,21H,7-8,10H2. The molecule has 2 aromatic carbocycles. The Kier molecular flexibility index (Phi) is 5.05. The summed E-state index contributed by atoms with van der Waals surface area (Å²) in [6, 6.07) is 14.8. The van der Waals surface area contributed by atoms with E-state index in [1.807, 2.05) is 6.07 Å². The number of hydrogen-bond donors (Lipinski definition) is 1. The van der Waals surface area contributed by atoms with Gasteiger partial charge in [-0.15, -0.1) is 0 Å². The van der Waals surface area contributed by atoms with Gasteiger partial charge in [-0.25, -0.2) is 0 Å². The molecule has 4 heteroatoms. The molecule has 0 bridgehead atoms. The highest BCUT2D eigenvalue weighted by Gasteiger charge is 2.29. The molecule has 0 spiro atoms. The Hall–Kier alpha value is -0.350. The van der Waals surface area contributed by atoms with Gasteiger partial charge in [0, 0.05) is 21.4 Å². The Morgan fingerprint density at radius 2 is 1.81 bits per heavy atom. The molecule has 2 aromatic rings. The van der Waals surface area contributed by atoms with Crippen molar-refractivity contribution < 1.29 is 0 Å². The highest BCUT2D eigenvalue weighted by atomic mass is 79.9. The van der Waals surface area contributed by atoms with Gasteiger partial charge >= 0.3 is 0 Å². The van der Waals surface area contributed by atoms with E-state index < -0.39 is 0 Å². The average Bonchev–Trinajstić information content (AvgIpc) is 2.51. The first-order valence-electron chi connectivity index (χ1n) is 7.07. The zero-order valence-corrected chi connectivity index (χ0v) is 15.4. The van der Waals surface area contributed by atoms with Gasteiger partial charge < -0.3 is 5.32 Å². The molecule has 3 rings (SSSR count). The van der Waals surface area contributed by atoms with E-state index in [1.54, 1.807) is 0 Å².